The lowest BCUT2D eigenvalue weighted by molar-refractivity contribution is -0.389. The SMILES string of the molecule is CC(=O)c1cc([N+](=O)[O-])nn1C. The monoisotopic (exact) mass is 169 g/mol. The van der Waals surface area contributed by atoms with Gasteiger partial charge in [-0.2, -0.15) is 4.68 Å². The van der Waals surface area contributed by atoms with Crippen molar-refractivity contribution in [3.8, 4) is 0 Å². The minimum Gasteiger partial charge on any atom is -0.358 e. The van der Waals surface area contributed by atoms with Crippen LogP contribution >= 0.6 is 0 Å². The van der Waals surface area contributed by atoms with Crippen LogP contribution in [0.3, 0.4) is 0 Å². The molecule has 0 atom stereocenters. The molecule has 1 rings (SSSR count). The Kier molecular flexibility index (Phi) is 1.90. The molecule has 1 aromatic rings. The van der Waals surface area contributed by atoms with Crippen LogP contribution in [0.15, 0.2) is 6.07 Å². The van der Waals surface area contributed by atoms with Gasteiger partial charge in [0.05, 0.1) is 18.2 Å². The second-order valence-corrected chi connectivity index (χ2v) is 2.32. The summed E-state index contributed by atoms with van der Waals surface area (Å²) in [4.78, 5) is 20.4. The molecule has 6 heteroatoms. The van der Waals surface area contributed by atoms with Crippen LogP contribution in [0.5, 0.6) is 0 Å². The number of aryl methyl sites for hydroxylation is 1. The highest BCUT2D eigenvalue weighted by Gasteiger charge is 2.17. The summed E-state index contributed by atoms with van der Waals surface area (Å²) in [5, 5.41) is 13.7. The topological polar surface area (TPSA) is 78.0 Å². The number of rotatable bonds is 2. The molecule has 1 aromatic heterocycles. The zero-order valence-electron chi connectivity index (χ0n) is 6.64. The molecule has 0 N–H and O–H groups in total. The van der Waals surface area contributed by atoms with Crippen LogP contribution in [0.2, 0.25) is 0 Å². The van der Waals surface area contributed by atoms with Crippen LogP contribution < -0.4 is 0 Å². The number of hydrogen-bond donors (Lipinski definition) is 0. The predicted octanol–water partition coefficient (Wildman–Crippen LogP) is 0.531. The molecule has 1 heterocycles. The lowest BCUT2D eigenvalue weighted by Crippen LogP contribution is -2.02. The summed E-state index contributed by atoms with van der Waals surface area (Å²) in [7, 11) is 1.49. The van der Waals surface area contributed by atoms with E-state index in [0.717, 1.165) is 6.07 Å². The van der Waals surface area contributed by atoms with Crippen LogP contribution in [0.1, 0.15) is 17.4 Å². The number of carbonyl (C=O) groups is 1. The van der Waals surface area contributed by atoms with Crippen molar-refractivity contribution in [2.24, 2.45) is 7.05 Å². The van der Waals surface area contributed by atoms with Crippen LogP contribution in [0.25, 0.3) is 0 Å². The molecule has 0 aliphatic heterocycles. The van der Waals surface area contributed by atoms with Crippen LogP contribution in [0.4, 0.5) is 5.82 Å². The maximum absolute atomic E-state index is 10.8. The Hall–Kier alpha value is -1.72. The zero-order chi connectivity index (χ0) is 9.30. The fourth-order valence-electron chi connectivity index (χ4n) is 0.871. The number of carbonyl (C=O) groups excluding carboxylic acids is 1. The first-order chi connectivity index (χ1) is 5.52. The molecule has 6 nitrogen and oxygen atoms in total. The Balaban J connectivity index is 3.17. The van der Waals surface area contributed by atoms with Crippen LogP contribution in [0, 0.1) is 10.1 Å². The molecule has 0 aliphatic rings. The van der Waals surface area contributed by atoms with Crippen LogP contribution in [-0.4, -0.2) is 20.5 Å². The molecule has 0 aliphatic carbocycles. The van der Waals surface area contributed by atoms with E-state index in [1.54, 1.807) is 0 Å². The molecule has 64 valence electrons. The van der Waals surface area contributed by atoms with E-state index in [2.05, 4.69) is 5.10 Å². The second kappa shape index (κ2) is 2.72. The summed E-state index contributed by atoms with van der Waals surface area (Å²) < 4.78 is 1.19. The molecule has 0 spiro atoms. The average Bonchev–Trinajstić information content (AvgIpc) is 2.30. The fraction of sp³-hybridized carbons (Fsp3) is 0.333. The van der Waals surface area contributed by atoms with Gasteiger partial charge in [-0.05, 0) is 4.92 Å². The van der Waals surface area contributed by atoms with Gasteiger partial charge >= 0.3 is 5.82 Å². The number of ketones is 1. The van der Waals surface area contributed by atoms with Crippen molar-refractivity contribution in [2.75, 3.05) is 0 Å². The van der Waals surface area contributed by atoms with E-state index < -0.39 is 4.92 Å². The van der Waals surface area contributed by atoms with E-state index in [-0.39, 0.29) is 17.3 Å². The Labute approximate surface area is 67.9 Å². The van der Waals surface area contributed by atoms with Crippen LogP contribution in [-0.2, 0) is 7.05 Å². The average molecular weight is 169 g/mol. The van der Waals surface area contributed by atoms with Gasteiger partial charge < -0.3 is 10.1 Å². The third-order valence-electron chi connectivity index (χ3n) is 1.41. The lowest BCUT2D eigenvalue weighted by Gasteiger charge is -1.86. The van der Waals surface area contributed by atoms with E-state index in [0.29, 0.717) is 0 Å². The van der Waals surface area contributed by atoms with Crippen molar-refractivity contribution in [1.82, 2.24) is 9.78 Å². The molecule has 12 heavy (non-hydrogen) atoms. The van der Waals surface area contributed by atoms with Crippen molar-refractivity contribution < 1.29 is 9.72 Å². The lowest BCUT2D eigenvalue weighted by atomic mass is 10.3. The maximum Gasteiger partial charge on any atom is 0.390 e. The van der Waals surface area contributed by atoms with E-state index in [9.17, 15) is 14.9 Å². The van der Waals surface area contributed by atoms with Crippen molar-refractivity contribution in [1.29, 1.82) is 0 Å². The predicted molar refractivity (Wildman–Crippen MR) is 39.9 cm³/mol. The zero-order valence-corrected chi connectivity index (χ0v) is 6.64. The van der Waals surface area contributed by atoms with Gasteiger partial charge in [0.15, 0.2) is 5.78 Å². The molecule has 0 unspecified atom stereocenters. The standard InChI is InChI=1S/C6H7N3O3/c1-4(10)5-3-6(9(11)12)7-8(5)2/h3H,1-2H3. The number of aromatic nitrogens is 2. The maximum atomic E-state index is 10.8. The summed E-state index contributed by atoms with van der Waals surface area (Å²) >= 11 is 0. The first kappa shape index (κ1) is 8.38. The normalized spacial score (nSPS) is 9.83. The first-order valence-electron chi connectivity index (χ1n) is 3.21. The molecule has 0 bridgehead atoms. The Morgan fingerprint density at radius 1 is 1.75 bits per heavy atom. The summed E-state index contributed by atoms with van der Waals surface area (Å²) in [5.41, 5.74) is 0.238. The van der Waals surface area contributed by atoms with E-state index in [4.69, 9.17) is 0 Å². The van der Waals surface area contributed by atoms with Gasteiger partial charge in [-0.3, -0.25) is 4.79 Å². The third kappa shape index (κ3) is 1.31. The highest BCUT2D eigenvalue weighted by Crippen LogP contribution is 2.10. The van der Waals surface area contributed by atoms with Gasteiger partial charge in [0.1, 0.15) is 5.69 Å². The number of nitrogens with zero attached hydrogens (tertiary/aromatic N) is 3. The van der Waals surface area contributed by atoms with Gasteiger partial charge in [-0.25, -0.2) is 0 Å². The minimum atomic E-state index is -0.632. The molecule has 0 radical (unpaired) electrons. The van der Waals surface area contributed by atoms with E-state index >= 15 is 0 Å². The van der Waals surface area contributed by atoms with Gasteiger partial charge in [0.25, 0.3) is 0 Å². The molecule has 0 amide bonds. The second-order valence-electron chi connectivity index (χ2n) is 2.32. The Morgan fingerprint density at radius 2 is 2.33 bits per heavy atom. The molecular formula is C6H7N3O3. The minimum absolute atomic E-state index is 0.238. The Morgan fingerprint density at radius 3 is 2.58 bits per heavy atom. The largest absolute Gasteiger partial charge is 0.390 e. The molecule has 0 fully saturated rings. The summed E-state index contributed by atoms with van der Waals surface area (Å²) in [6.07, 6.45) is 0. The van der Waals surface area contributed by atoms with Gasteiger partial charge in [0, 0.05) is 6.92 Å². The van der Waals surface area contributed by atoms with Gasteiger partial charge in [-0.15, -0.1) is 0 Å². The first-order valence-corrected chi connectivity index (χ1v) is 3.21. The van der Waals surface area contributed by atoms with Crippen molar-refractivity contribution in [2.45, 2.75) is 6.92 Å². The van der Waals surface area contributed by atoms with Crippen molar-refractivity contribution in [3.63, 3.8) is 0 Å². The number of hydrogen-bond acceptors (Lipinski definition) is 4. The fourth-order valence-corrected chi connectivity index (χ4v) is 0.871. The third-order valence-corrected chi connectivity index (χ3v) is 1.41. The van der Waals surface area contributed by atoms with E-state index in [1.165, 1.54) is 18.7 Å². The molecule has 0 saturated carbocycles. The molecule has 0 aromatic carbocycles. The summed E-state index contributed by atoms with van der Waals surface area (Å²) in [6, 6.07) is 1.16. The van der Waals surface area contributed by atoms with Gasteiger partial charge in [0.2, 0.25) is 0 Å². The quantitative estimate of drug-likeness (QED) is 0.367. The molecular weight excluding hydrogens is 162 g/mol. The van der Waals surface area contributed by atoms with E-state index in [1.807, 2.05) is 0 Å². The highest BCUT2D eigenvalue weighted by molar-refractivity contribution is 5.92. The smallest absolute Gasteiger partial charge is 0.358 e. The highest BCUT2D eigenvalue weighted by atomic mass is 16.6. The van der Waals surface area contributed by atoms with Gasteiger partial charge in [-0.1, -0.05) is 0 Å². The molecule has 0 saturated heterocycles. The van der Waals surface area contributed by atoms with Crippen molar-refractivity contribution >= 4 is 11.6 Å². The Bertz CT molecular complexity index is 342. The van der Waals surface area contributed by atoms with Crippen molar-refractivity contribution in [3.05, 3.63) is 21.9 Å². The summed E-state index contributed by atoms with van der Waals surface area (Å²) in [5.74, 6) is -0.541. The summed E-state index contributed by atoms with van der Waals surface area (Å²) in [6.45, 7) is 1.33. The number of Topliss-reactive ketones (excluding diaryl/α,β-unsaturated/α-hetero) is 1. The number of nitro groups is 1.